The van der Waals surface area contributed by atoms with Gasteiger partial charge in [-0.15, -0.1) is 0 Å². The van der Waals surface area contributed by atoms with Crippen LogP contribution in [0.5, 0.6) is 0 Å². The standard InChI is InChI=1S/C18H21N3O4/c1-3-20(4-2)17(24)11-5-6-13-12(9-11)10-21(18(13)25)14-7-8-15(22)19-16(14)23/h5-6,9,14H,3-4,7-8,10H2,1-2H3,(H,19,22,23). The molecule has 1 saturated heterocycles. The second kappa shape index (κ2) is 6.66. The lowest BCUT2D eigenvalue weighted by atomic mass is 10.0. The van der Waals surface area contributed by atoms with Gasteiger partial charge in [0.15, 0.2) is 0 Å². The van der Waals surface area contributed by atoms with Gasteiger partial charge in [-0.2, -0.15) is 0 Å². The molecule has 7 heteroatoms. The van der Waals surface area contributed by atoms with Crippen LogP contribution in [0, 0.1) is 0 Å². The smallest absolute Gasteiger partial charge is 0.255 e. The second-order valence-corrected chi connectivity index (χ2v) is 6.25. The highest BCUT2D eigenvalue weighted by atomic mass is 16.2. The van der Waals surface area contributed by atoms with Gasteiger partial charge in [0.2, 0.25) is 11.8 Å². The Balaban J connectivity index is 1.83. The highest BCUT2D eigenvalue weighted by molar-refractivity contribution is 6.06. The topological polar surface area (TPSA) is 86.8 Å². The Morgan fingerprint density at radius 2 is 1.96 bits per heavy atom. The van der Waals surface area contributed by atoms with E-state index in [0.717, 1.165) is 5.56 Å². The van der Waals surface area contributed by atoms with Crippen molar-refractivity contribution in [3.05, 3.63) is 34.9 Å². The van der Waals surface area contributed by atoms with E-state index < -0.39 is 11.9 Å². The van der Waals surface area contributed by atoms with E-state index in [0.29, 0.717) is 30.6 Å². The number of piperidine rings is 1. The second-order valence-electron chi connectivity index (χ2n) is 6.25. The first-order chi connectivity index (χ1) is 12.0. The minimum atomic E-state index is -0.639. The molecule has 7 nitrogen and oxygen atoms in total. The Labute approximate surface area is 146 Å². The van der Waals surface area contributed by atoms with E-state index in [1.807, 2.05) is 13.8 Å². The first-order valence-corrected chi connectivity index (χ1v) is 8.53. The van der Waals surface area contributed by atoms with Gasteiger partial charge in [0.1, 0.15) is 6.04 Å². The molecule has 132 valence electrons. The lowest BCUT2D eigenvalue weighted by Crippen LogP contribution is -2.52. The summed E-state index contributed by atoms with van der Waals surface area (Å²) in [5.74, 6) is -1.04. The molecule has 25 heavy (non-hydrogen) atoms. The molecule has 0 bridgehead atoms. The van der Waals surface area contributed by atoms with Crippen LogP contribution in [0.3, 0.4) is 0 Å². The van der Waals surface area contributed by atoms with Gasteiger partial charge < -0.3 is 9.80 Å². The number of nitrogens with one attached hydrogen (secondary N) is 1. The zero-order valence-electron chi connectivity index (χ0n) is 14.4. The van der Waals surface area contributed by atoms with Crippen molar-refractivity contribution in [2.75, 3.05) is 13.1 Å². The van der Waals surface area contributed by atoms with Crippen LogP contribution in [-0.4, -0.2) is 52.6 Å². The summed E-state index contributed by atoms with van der Waals surface area (Å²) >= 11 is 0. The van der Waals surface area contributed by atoms with Crippen molar-refractivity contribution in [3.8, 4) is 0 Å². The largest absolute Gasteiger partial charge is 0.339 e. The van der Waals surface area contributed by atoms with Crippen LogP contribution in [0.1, 0.15) is 53.0 Å². The highest BCUT2D eigenvalue weighted by Crippen LogP contribution is 2.28. The van der Waals surface area contributed by atoms with E-state index >= 15 is 0 Å². The van der Waals surface area contributed by atoms with Crippen molar-refractivity contribution in [3.63, 3.8) is 0 Å². The molecule has 0 radical (unpaired) electrons. The molecular formula is C18H21N3O4. The average molecular weight is 343 g/mol. The lowest BCUT2D eigenvalue weighted by molar-refractivity contribution is -0.136. The number of imide groups is 1. The van der Waals surface area contributed by atoms with Crippen LogP contribution in [0.4, 0.5) is 0 Å². The molecule has 1 atom stereocenters. The number of hydrogen-bond acceptors (Lipinski definition) is 4. The summed E-state index contributed by atoms with van der Waals surface area (Å²) in [6.45, 7) is 5.35. The fourth-order valence-electron chi connectivity index (χ4n) is 3.40. The minimum Gasteiger partial charge on any atom is -0.339 e. The first kappa shape index (κ1) is 17.1. The molecular weight excluding hydrogens is 322 g/mol. The van der Waals surface area contributed by atoms with Crippen LogP contribution in [0.2, 0.25) is 0 Å². The number of nitrogens with zero attached hydrogens (tertiary/aromatic N) is 2. The molecule has 2 aliphatic rings. The highest BCUT2D eigenvalue weighted by Gasteiger charge is 2.39. The summed E-state index contributed by atoms with van der Waals surface area (Å²) in [4.78, 5) is 51.6. The van der Waals surface area contributed by atoms with E-state index in [1.54, 1.807) is 23.1 Å². The van der Waals surface area contributed by atoms with Crippen LogP contribution >= 0.6 is 0 Å². The molecule has 1 aromatic rings. The molecule has 1 aromatic carbocycles. The Bertz CT molecular complexity index is 755. The van der Waals surface area contributed by atoms with Crippen molar-refractivity contribution >= 4 is 23.6 Å². The monoisotopic (exact) mass is 343 g/mol. The molecule has 0 aromatic heterocycles. The zero-order chi connectivity index (χ0) is 18.1. The summed E-state index contributed by atoms with van der Waals surface area (Å²) in [5, 5.41) is 2.28. The number of rotatable bonds is 4. The molecule has 2 heterocycles. The van der Waals surface area contributed by atoms with Crippen molar-refractivity contribution in [1.82, 2.24) is 15.1 Å². The Hall–Kier alpha value is -2.70. The Kier molecular flexibility index (Phi) is 4.57. The van der Waals surface area contributed by atoms with E-state index in [2.05, 4.69) is 5.32 Å². The van der Waals surface area contributed by atoms with Gasteiger partial charge >= 0.3 is 0 Å². The van der Waals surface area contributed by atoms with Gasteiger partial charge in [-0.1, -0.05) is 0 Å². The van der Waals surface area contributed by atoms with E-state index in [4.69, 9.17) is 0 Å². The molecule has 4 amide bonds. The van der Waals surface area contributed by atoms with Crippen LogP contribution in [-0.2, 0) is 16.1 Å². The number of carbonyl (C=O) groups excluding carboxylic acids is 4. The lowest BCUT2D eigenvalue weighted by Gasteiger charge is -2.29. The summed E-state index contributed by atoms with van der Waals surface area (Å²) < 4.78 is 0. The summed E-state index contributed by atoms with van der Waals surface area (Å²) in [6.07, 6.45) is 0.553. The fraction of sp³-hybridized carbons (Fsp3) is 0.444. The van der Waals surface area contributed by atoms with Crippen LogP contribution < -0.4 is 5.32 Å². The third-order valence-corrected chi connectivity index (χ3v) is 4.82. The predicted molar refractivity (Wildman–Crippen MR) is 89.7 cm³/mol. The van der Waals surface area contributed by atoms with Gasteiger partial charge in [0.05, 0.1) is 0 Å². The number of carbonyl (C=O) groups is 4. The summed E-state index contributed by atoms with van der Waals surface area (Å²) in [5.41, 5.74) is 1.80. The minimum absolute atomic E-state index is 0.0697. The quantitative estimate of drug-likeness (QED) is 0.824. The van der Waals surface area contributed by atoms with Gasteiger partial charge in [0.25, 0.3) is 11.8 Å². The SMILES string of the molecule is CCN(CC)C(=O)c1ccc2c(c1)CN(C1CCC(=O)NC1=O)C2=O. The van der Waals surface area contributed by atoms with Crippen molar-refractivity contribution < 1.29 is 19.2 Å². The Morgan fingerprint density at radius 1 is 1.24 bits per heavy atom. The number of fused-ring (bicyclic) bond motifs is 1. The molecule has 1 unspecified atom stereocenters. The third-order valence-electron chi connectivity index (χ3n) is 4.82. The zero-order valence-corrected chi connectivity index (χ0v) is 14.4. The first-order valence-electron chi connectivity index (χ1n) is 8.53. The van der Waals surface area contributed by atoms with Crippen molar-refractivity contribution in [1.29, 1.82) is 0 Å². The van der Waals surface area contributed by atoms with Gasteiger partial charge in [-0.3, -0.25) is 24.5 Å². The maximum absolute atomic E-state index is 12.6. The molecule has 0 saturated carbocycles. The maximum Gasteiger partial charge on any atom is 0.255 e. The molecule has 3 rings (SSSR count). The van der Waals surface area contributed by atoms with Crippen LogP contribution in [0.25, 0.3) is 0 Å². The molecule has 0 spiro atoms. The Morgan fingerprint density at radius 3 is 2.60 bits per heavy atom. The summed E-state index contributed by atoms with van der Waals surface area (Å²) in [7, 11) is 0. The third kappa shape index (κ3) is 3.01. The number of benzene rings is 1. The van der Waals surface area contributed by atoms with Gasteiger partial charge in [-0.05, 0) is 44.0 Å². The molecule has 1 fully saturated rings. The number of amides is 4. The molecule has 0 aliphatic carbocycles. The van der Waals surface area contributed by atoms with E-state index in [9.17, 15) is 19.2 Å². The van der Waals surface area contributed by atoms with Crippen molar-refractivity contribution in [2.24, 2.45) is 0 Å². The van der Waals surface area contributed by atoms with Gasteiger partial charge in [0, 0.05) is 37.2 Å². The molecule has 2 aliphatic heterocycles. The molecule has 1 N–H and O–H groups in total. The average Bonchev–Trinajstić information content (AvgIpc) is 2.92. The predicted octanol–water partition coefficient (Wildman–Crippen LogP) is 0.930. The van der Waals surface area contributed by atoms with Crippen LogP contribution in [0.15, 0.2) is 18.2 Å². The normalized spacial score (nSPS) is 19.7. The number of hydrogen-bond donors (Lipinski definition) is 1. The maximum atomic E-state index is 12.6. The van der Waals surface area contributed by atoms with E-state index in [-0.39, 0.29) is 30.7 Å². The fourth-order valence-corrected chi connectivity index (χ4v) is 3.40. The van der Waals surface area contributed by atoms with Gasteiger partial charge in [-0.25, -0.2) is 0 Å². The summed E-state index contributed by atoms with van der Waals surface area (Å²) in [6, 6.07) is 4.41. The van der Waals surface area contributed by atoms with Crippen molar-refractivity contribution in [2.45, 2.75) is 39.3 Å². The van der Waals surface area contributed by atoms with E-state index in [1.165, 1.54) is 4.90 Å².